The lowest BCUT2D eigenvalue weighted by Gasteiger charge is -2.21. The Morgan fingerprint density at radius 2 is 1.81 bits per heavy atom. The second-order valence-electron chi connectivity index (χ2n) is 5.87. The molecule has 0 aliphatic rings. The molecule has 6 nitrogen and oxygen atoms in total. The van der Waals surface area contributed by atoms with Crippen LogP contribution in [0.2, 0.25) is 5.02 Å². The molecular weight excluding hydrogens is 368 g/mol. The number of anilines is 1. The maximum absolute atomic E-state index is 12.2. The van der Waals surface area contributed by atoms with Gasteiger partial charge in [-0.25, -0.2) is 4.79 Å². The van der Waals surface area contributed by atoms with Crippen LogP contribution < -0.4 is 10.2 Å². The van der Waals surface area contributed by atoms with Crippen molar-refractivity contribution in [1.29, 1.82) is 0 Å². The molecule has 2 amide bonds. The third-order valence-electron chi connectivity index (χ3n) is 3.91. The van der Waals surface area contributed by atoms with E-state index in [9.17, 15) is 14.4 Å². The van der Waals surface area contributed by atoms with Gasteiger partial charge in [-0.1, -0.05) is 29.8 Å². The first-order valence-corrected chi connectivity index (χ1v) is 8.76. The average molecular weight is 389 g/mol. The summed E-state index contributed by atoms with van der Waals surface area (Å²) in [5.41, 5.74) is 1.82. The number of ether oxygens (including phenoxy) is 1. The number of carbonyl (C=O) groups excluding carboxylic acids is 3. The number of halogens is 1. The number of amides is 2. The molecule has 0 aliphatic carbocycles. The van der Waals surface area contributed by atoms with Crippen LogP contribution in [0.5, 0.6) is 0 Å². The first-order chi connectivity index (χ1) is 12.9. The van der Waals surface area contributed by atoms with Crippen LogP contribution in [-0.2, 0) is 20.7 Å². The molecule has 1 N–H and O–H groups in total. The summed E-state index contributed by atoms with van der Waals surface area (Å²) in [7, 11) is 1.28. The molecular formula is C20H21ClN2O4. The van der Waals surface area contributed by atoms with Crippen molar-refractivity contribution < 1.29 is 19.1 Å². The number of benzene rings is 2. The Balaban J connectivity index is 1.97. The summed E-state index contributed by atoms with van der Waals surface area (Å²) in [6.45, 7) is 1.67. The molecule has 0 spiro atoms. The van der Waals surface area contributed by atoms with E-state index in [2.05, 4.69) is 10.1 Å². The van der Waals surface area contributed by atoms with Crippen molar-refractivity contribution in [2.24, 2.45) is 0 Å². The summed E-state index contributed by atoms with van der Waals surface area (Å²) in [6.07, 6.45) is 0.654. The quantitative estimate of drug-likeness (QED) is 0.740. The van der Waals surface area contributed by atoms with Gasteiger partial charge in [0.05, 0.1) is 12.7 Å². The summed E-state index contributed by atoms with van der Waals surface area (Å²) >= 11 is 5.85. The summed E-state index contributed by atoms with van der Waals surface area (Å²) in [5.74, 6) is -1.10. The number of hydrogen-bond acceptors (Lipinski definition) is 4. The fourth-order valence-electron chi connectivity index (χ4n) is 2.50. The summed E-state index contributed by atoms with van der Waals surface area (Å²) in [4.78, 5) is 37.2. The van der Waals surface area contributed by atoms with E-state index in [4.69, 9.17) is 11.6 Å². The van der Waals surface area contributed by atoms with Crippen LogP contribution >= 0.6 is 11.6 Å². The van der Waals surface area contributed by atoms with Crippen LogP contribution in [0.25, 0.3) is 0 Å². The van der Waals surface area contributed by atoms with Gasteiger partial charge in [-0.2, -0.15) is 0 Å². The number of nitrogens with zero attached hydrogens (tertiary/aromatic N) is 1. The van der Waals surface area contributed by atoms with Crippen molar-refractivity contribution in [2.45, 2.75) is 13.3 Å². The van der Waals surface area contributed by atoms with E-state index in [0.29, 0.717) is 29.2 Å². The maximum Gasteiger partial charge on any atom is 0.337 e. The van der Waals surface area contributed by atoms with Gasteiger partial charge in [0.15, 0.2) is 0 Å². The number of carbonyl (C=O) groups is 3. The molecule has 2 aromatic rings. The largest absolute Gasteiger partial charge is 0.465 e. The zero-order chi connectivity index (χ0) is 19.8. The summed E-state index contributed by atoms with van der Waals surface area (Å²) in [6, 6.07) is 13.8. The van der Waals surface area contributed by atoms with Gasteiger partial charge >= 0.3 is 5.97 Å². The smallest absolute Gasteiger partial charge is 0.337 e. The highest BCUT2D eigenvalue weighted by Crippen LogP contribution is 2.17. The Morgan fingerprint density at radius 3 is 2.44 bits per heavy atom. The van der Waals surface area contributed by atoms with E-state index in [0.717, 1.165) is 5.56 Å². The van der Waals surface area contributed by atoms with Crippen LogP contribution in [0, 0.1) is 0 Å². The number of rotatable bonds is 7. The van der Waals surface area contributed by atoms with Gasteiger partial charge in [0.1, 0.15) is 6.54 Å². The standard InChI is InChI=1S/C20H21ClN2O4/c1-14(24)23(18-5-3-4-16(12-18)20(26)27-2)13-19(25)22-11-10-15-6-8-17(21)9-7-15/h3-9,12H,10-11,13H2,1-2H3,(H,22,25). The molecule has 0 radical (unpaired) electrons. The monoisotopic (exact) mass is 388 g/mol. The molecule has 0 heterocycles. The van der Waals surface area contributed by atoms with E-state index in [1.165, 1.54) is 25.0 Å². The summed E-state index contributed by atoms with van der Waals surface area (Å²) < 4.78 is 4.69. The molecule has 27 heavy (non-hydrogen) atoms. The summed E-state index contributed by atoms with van der Waals surface area (Å²) in [5, 5.41) is 3.45. The second kappa shape index (κ2) is 9.73. The Labute approximate surface area is 163 Å². The van der Waals surface area contributed by atoms with Crippen molar-refractivity contribution in [3.05, 3.63) is 64.7 Å². The van der Waals surface area contributed by atoms with Gasteiger partial charge in [0.25, 0.3) is 0 Å². The fourth-order valence-corrected chi connectivity index (χ4v) is 2.63. The number of nitrogens with one attached hydrogen (secondary N) is 1. The van der Waals surface area contributed by atoms with Crippen molar-refractivity contribution in [1.82, 2.24) is 5.32 Å². The van der Waals surface area contributed by atoms with Gasteiger partial charge in [-0.3, -0.25) is 9.59 Å². The fraction of sp³-hybridized carbons (Fsp3) is 0.250. The van der Waals surface area contributed by atoms with Crippen molar-refractivity contribution in [2.75, 3.05) is 25.1 Å². The molecule has 0 saturated carbocycles. The van der Waals surface area contributed by atoms with Gasteiger partial charge in [-0.05, 0) is 42.3 Å². The Morgan fingerprint density at radius 1 is 1.11 bits per heavy atom. The van der Waals surface area contributed by atoms with Crippen molar-refractivity contribution >= 4 is 35.1 Å². The first-order valence-electron chi connectivity index (χ1n) is 8.38. The molecule has 0 unspecified atom stereocenters. The lowest BCUT2D eigenvalue weighted by atomic mass is 10.1. The molecule has 0 aliphatic heterocycles. The zero-order valence-corrected chi connectivity index (χ0v) is 16.0. The topological polar surface area (TPSA) is 75.7 Å². The normalized spacial score (nSPS) is 10.2. The van der Waals surface area contributed by atoms with Crippen LogP contribution in [-0.4, -0.2) is 38.0 Å². The Bertz CT molecular complexity index is 821. The minimum Gasteiger partial charge on any atom is -0.465 e. The van der Waals surface area contributed by atoms with Gasteiger partial charge in [0.2, 0.25) is 11.8 Å². The van der Waals surface area contributed by atoms with Crippen LogP contribution in [0.15, 0.2) is 48.5 Å². The predicted molar refractivity (Wildman–Crippen MR) is 104 cm³/mol. The molecule has 0 bridgehead atoms. The van der Waals surface area contributed by atoms with E-state index in [-0.39, 0.29) is 18.4 Å². The van der Waals surface area contributed by atoms with Gasteiger partial charge < -0.3 is 15.0 Å². The molecule has 0 aromatic heterocycles. The number of hydrogen-bond donors (Lipinski definition) is 1. The van der Waals surface area contributed by atoms with Gasteiger partial charge in [-0.15, -0.1) is 0 Å². The average Bonchev–Trinajstić information content (AvgIpc) is 2.67. The van der Waals surface area contributed by atoms with Gasteiger partial charge in [0, 0.05) is 24.2 Å². The van der Waals surface area contributed by atoms with Crippen LogP contribution in [0.4, 0.5) is 5.69 Å². The minimum absolute atomic E-state index is 0.138. The third kappa shape index (κ3) is 6.11. The molecule has 0 fully saturated rings. The predicted octanol–water partition coefficient (Wildman–Crippen LogP) is 2.84. The molecule has 0 atom stereocenters. The van der Waals surface area contributed by atoms with E-state index >= 15 is 0 Å². The molecule has 2 rings (SSSR count). The lowest BCUT2D eigenvalue weighted by Crippen LogP contribution is -2.40. The van der Waals surface area contributed by atoms with E-state index in [1.54, 1.807) is 30.3 Å². The zero-order valence-electron chi connectivity index (χ0n) is 15.2. The van der Waals surface area contributed by atoms with E-state index < -0.39 is 5.97 Å². The first kappa shape index (κ1) is 20.5. The minimum atomic E-state index is -0.507. The molecule has 2 aromatic carbocycles. The SMILES string of the molecule is COC(=O)c1cccc(N(CC(=O)NCCc2ccc(Cl)cc2)C(C)=O)c1. The van der Waals surface area contributed by atoms with Crippen molar-refractivity contribution in [3.8, 4) is 0 Å². The number of methoxy groups -OCH3 is 1. The Hall–Kier alpha value is -2.86. The molecule has 0 saturated heterocycles. The number of esters is 1. The highest BCUT2D eigenvalue weighted by molar-refractivity contribution is 6.30. The highest BCUT2D eigenvalue weighted by Gasteiger charge is 2.17. The van der Waals surface area contributed by atoms with Crippen molar-refractivity contribution in [3.63, 3.8) is 0 Å². The highest BCUT2D eigenvalue weighted by atomic mass is 35.5. The van der Waals surface area contributed by atoms with Crippen LogP contribution in [0.1, 0.15) is 22.8 Å². The lowest BCUT2D eigenvalue weighted by molar-refractivity contribution is -0.123. The molecule has 7 heteroatoms. The maximum atomic E-state index is 12.2. The van der Waals surface area contributed by atoms with E-state index in [1.807, 2.05) is 12.1 Å². The third-order valence-corrected chi connectivity index (χ3v) is 4.16. The second-order valence-corrected chi connectivity index (χ2v) is 6.31. The Kier molecular flexibility index (Phi) is 7.37. The molecule has 142 valence electrons. The van der Waals surface area contributed by atoms with Crippen LogP contribution in [0.3, 0.4) is 0 Å².